The molecule has 0 saturated carbocycles. The molecule has 238 valence electrons. The summed E-state index contributed by atoms with van der Waals surface area (Å²) in [6.45, 7) is 1.30. The van der Waals surface area contributed by atoms with Gasteiger partial charge in [-0.15, -0.1) is 10.6 Å². The van der Waals surface area contributed by atoms with Gasteiger partial charge in [0.1, 0.15) is 6.61 Å². The van der Waals surface area contributed by atoms with Gasteiger partial charge < -0.3 is 15.0 Å². The summed E-state index contributed by atoms with van der Waals surface area (Å²) in [6.07, 6.45) is -6.88. The van der Waals surface area contributed by atoms with Crippen LogP contribution in [0.15, 0.2) is 40.5 Å². The van der Waals surface area contributed by atoms with E-state index in [1.54, 1.807) is 0 Å². The molecule has 1 aromatic heterocycles. The lowest BCUT2D eigenvalue weighted by atomic mass is 10.0. The van der Waals surface area contributed by atoms with E-state index in [1.165, 1.54) is 9.91 Å². The molecule has 1 fully saturated rings. The fourth-order valence-electron chi connectivity index (χ4n) is 3.75. The number of hydrogen-bond acceptors (Lipinski definition) is 11. The quantitative estimate of drug-likeness (QED) is 0.192. The number of benzene rings is 1. The van der Waals surface area contributed by atoms with Crippen molar-refractivity contribution >= 4 is 40.4 Å². The number of hydrogen-bond donors (Lipinski definition) is 3. The summed E-state index contributed by atoms with van der Waals surface area (Å²) in [5.41, 5.74) is 2.00. The highest BCUT2D eigenvalue weighted by Crippen LogP contribution is 2.51. The normalized spacial score (nSPS) is 15.6. The Bertz CT molecular complexity index is 1490. The molecule has 2 aliphatic heterocycles. The van der Waals surface area contributed by atoms with E-state index in [-0.39, 0.29) is 35.5 Å². The number of non-ortho nitro benzene ring substituents is 1. The Morgan fingerprint density at radius 1 is 1.16 bits per heavy atom. The molecule has 13 nitrogen and oxygen atoms in total. The zero-order valence-corrected chi connectivity index (χ0v) is 22.4. The van der Waals surface area contributed by atoms with Crippen molar-refractivity contribution in [2.75, 3.05) is 31.6 Å². The number of carbonyl (C=O) groups excluding carboxylic acids is 2. The van der Waals surface area contributed by atoms with Crippen molar-refractivity contribution in [2.45, 2.75) is 29.3 Å². The smallest absolute Gasteiger partial charge is 0.448 e. The standard InChI is InChI=1S/C22H18F8N8O5S/c23-14-8-11(20(24,25)21(26,27)22(28,29)30)10-31-16(14)32-17(39)13-9-12(38(41)42)2-3-15(13)44-18-33-34-35-37(18)5-1-4-36-6-7-43-19(36)40/h2-3,8-10,34-35H,1,4-7H2,(H,31,32,39). The van der Waals surface area contributed by atoms with Crippen molar-refractivity contribution in [1.82, 2.24) is 26.0 Å². The predicted molar refractivity (Wildman–Crippen MR) is 134 cm³/mol. The largest absolute Gasteiger partial charge is 0.460 e. The molecule has 2 amide bonds. The first-order valence-electron chi connectivity index (χ1n) is 12.1. The number of nitro groups is 1. The van der Waals surface area contributed by atoms with Crippen molar-refractivity contribution in [3.63, 3.8) is 0 Å². The van der Waals surface area contributed by atoms with Crippen molar-refractivity contribution < 1.29 is 54.4 Å². The van der Waals surface area contributed by atoms with Crippen molar-refractivity contribution in [2.24, 2.45) is 5.10 Å². The van der Waals surface area contributed by atoms with Gasteiger partial charge in [0.15, 0.2) is 11.6 Å². The van der Waals surface area contributed by atoms with E-state index in [0.29, 0.717) is 19.5 Å². The second kappa shape index (κ2) is 12.3. The summed E-state index contributed by atoms with van der Waals surface area (Å²) in [6, 6.07) is 2.64. The molecule has 0 unspecified atom stereocenters. The van der Waals surface area contributed by atoms with Crippen LogP contribution in [0.2, 0.25) is 0 Å². The van der Waals surface area contributed by atoms with Crippen LogP contribution >= 0.6 is 11.8 Å². The molecule has 44 heavy (non-hydrogen) atoms. The lowest BCUT2D eigenvalue weighted by molar-refractivity contribution is -0.384. The van der Waals surface area contributed by atoms with Gasteiger partial charge in [-0.3, -0.25) is 19.9 Å². The number of alkyl halides is 7. The van der Waals surface area contributed by atoms with Crippen LogP contribution in [-0.2, 0) is 10.7 Å². The maximum Gasteiger partial charge on any atom is 0.460 e. The summed E-state index contributed by atoms with van der Waals surface area (Å²) in [5, 5.41) is 18.8. The first-order chi connectivity index (χ1) is 20.5. The molecule has 2 aromatic rings. The van der Waals surface area contributed by atoms with Crippen molar-refractivity contribution in [3.05, 3.63) is 57.5 Å². The number of pyridine rings is 1. The maximum absolute atomic E-state index is 14.6. The Morgan fingerprint density at radius 3 is 2.50 bits per heavy atom. The van der Waals surface area contributed by atoms with Gasteiger partial charge in [0.05, 0.1) is 17.0 Å². The van der Waals surface area contributed by atoms with Crippen LogP contribution < -0.4 is 16.4 Å². The van der Waals surface area contributed by atoms with Crippen molar-refractivity contribution in [3.8, 4) is 0 Å². The SMILES string of the molecule is O=C(Nc1ncc(C(F)(F)C(F)(F)C(F)(F)F)cc1F)c1cc([N+](=O)[O-])ccc1SC1=NNNN1CCCN1CCOC1=O. The third-order valence-corrected chi connectivity index (χ3v) is 7.10. The summed E-state index contributed by atoms with van der Waals surface area (Å²) < 4.78 is 112. The Labute approximate surface area is 244 Å². The average Bonchev–Trinajstić information content (AvgIpc) is 3.57. The number of amides is 2. The van der Waals surface area contributed by atoms with E-state index in [1.807, 2.05) is 5.32 Å². The van der Waals surface area contributed by atoms with Gasteiger partial charge in [-0.2, -0.15) is 30.7 Å². The number of amidine groups is 1. The summed E-state index contributed by atoms with van der Waals surface area (Å²) in [5.74, 6) is -16.8. The predicted octanol–water partition coefficient (Wildman–Crippen LogP) is 4.20. The van der Waals surface area contributed by atoms with Crippen LogP contribution in [0.3, 0.4) is 0 Å². The van der Waals surface area contributed by atoms with Gasteiger partial charge in [0.25, 0.3) is 11.6 Å². The summed E-state index contributed by atoms with van der Waals surface area (Å²) in [7, 11) is 0. The summed E-state index contributed by atoms with van der Waals surface area (Å²) in [4.78, 5) is 39.6. The maximum atomic E-state index is 14.6. The van der Waals surface area contributed by atoms with E-state index in [0.717, 1.165) is 30.0 Å². The zero-order valence-electron chi connectivity index (χ0n) is 21.6. The molecule has 0 bridgehead atoms. The Hall–Kier alpha value is -4.47. The number of nitrogens with zero attached hydrogens (tertiary/aromatic N) is 5. The van der Waals surface area contributed by atoms with Crippen LogP contribution in [0.4, 0.5) is 51.4 Å². The number of cyclic esters (lactones) is 1. The number of anilines is 1. The minimum Gasteiger partial charge on any atom is -0.448 e. The zero-order chi connectivity index (χ0) is 32.4. The third kappa shape index (κ3) is 6.54. The number of carbonyl (C=O) groups is 2. The van der Waals surface area contributed by atoms with E-state index in [9.17, 15) is 54.8 Å². The number of hydrazine groups is 2. The number of nitrogens with one attached hydrogen (secondary N) is 3. The first-order valence-corrected chi connectivity index (χ1v) is 12.9. The Morgan fingerprint density at radius 2 is 1.89 bits per heavy atom. The minimum atomic E-state index is -6.68. The summed E-state index contributed by atoms with van der Waals surface area (Å²) >= 11 is 0.803. The monoisotopic (exact) mass is 658 g/mol. The van der Waals surface area contributed by atoms with E-state index >= 15 is 0 Å². The first kappa shape index (κ1) is 32.4. The number of rotatable bonds is 10. The molecule has 0 aliphatic carbocycles. The van der Waals surface area contributed by atoms with Crippen LogP contribution in [0.1, 0.15) is 22.3 Å². The molecule has 3 heterocycles. The number of hydrazone groups is 1. The highest BCUT2D eigenvalue weighted by atomic mass is 32.2. The fraction of sp³-hybridized carbons (Fsp3) is 0.364. The lowest BCUT2D eigenvalue weighted by Gasteiger charge is -2.28. The minimum absolute atomic E-state index is 0.0128. The van der Waals surface area contributed by atoms with Gasteiger partial charge in [-0.25, -0.2) is 19.7 Å². The van der Waals surface area contributed by atoms with E-state index in [4.69, 9.17) is 4.74 Å². The molecule has 2 aliphatic rings. The van der Waals surface area contributed by atoms with Gasteiger partial charge >= 0.3 is 24.1 Å². The second-order valence-corrected chi connectivity index (χ2v) is 9.93. The van der Waals surface area contributed by atoms with E-state index < -0.39 is 63.4 Å². The molecule has 1 saturated heterocycles. The average molecular weight is 658 g/mol. The number of nitro benzene ring substituents is 1. The van der Waals surface area contributed by atoms with Crippen LogP contribution in [0, 0.1) is 15.9 Å². The number of ether oxygens (including phenoxy) is 1. The lowest BCUT2D eigenvalue weighted by Crippen LogP contribution is -2.50. The number of thioether (sulfide) groups is 1. The number of aromatic nitrogens is 1. The molecule has 0 atom stereocenters. The Balaban J connectivity index is 1.52. The Kier molecular flexibility index (Phi) is 9.04. The van der Waals surface area contributed by atoms with E-state index in [2.05, 4.69) is 21.2 Å². The molecule has 0 spiro atoms. The van der Waals surface area contributed by atoms with Crippen LogP contribution in [-0.4, -0.2) is 75.3 Å². The van der Waals surface area contributed by atoms with Gasteiger partial charge in [-0.1, -0.05) is 0 Å². The van der Waals surface area contributed by atoms with Gasteiger partial charge in [-0.05, 0) is 30.3 Å². The third-order valence-electron chi connectivity index (χ3n) is 6.03. The number of halogens is 8. The molecule has 3 N–H and O–H groups in total. The van der Waals surface area contributed by atoms with Crippen LogP contribution in [0.25, 0.3) is 0 Å². The molecule has 0 radical (unpaired) electrons. The van der Waals surface area contributed by atoms with Gasteiger partial charge in [0.2, 0.25) is 5.17 Å². The molecule has 22 heteroatoms. The molecular weight excluding hydrogens is 640 g/mol. The highest BCUT2D eigenvalue weighted by molar-refractivity contribution is 8.13. The van der Waals surface area contributed by atoms with Gasteiger partial charge in [0, 0.05) is 41.9 Å². The fourth-order valence-corrected chi connectivity index (χ4v) is 4.68. The molecule has 4 rings (SSSR count). The molecule has 1 aromatic carbocycles. The molecular formula is C22H18F8N8O5S. The highest BCUT2D eigenvalue weighted by Gasteiger charge is 2.73. The topological polar surface area (TPSA) is 154 Å². The van der Waals surface area contributed by atoms with Crippen molar-refractivity contribution in [1.29, 1.82) is 0 Å². The second-order valence-electron chi connectivity index (χ2n) is 8.92. The van der Waals surface area contributed by atoms with Crippen LogP contribution in [0.5, 0.6) is 0 Å².